The molecule has 1 aromatic rings. The standard InChI is InChI=1S/C21H33N3O2/c1-15(2)12-24-21(26)18-9-10-19(16(3)11-18)22-14-20(25)23-13-17-7-5-4-6-8-17/h9-11,15,17,22H,4-8,12-14H2,1-3H3,(H,23,25)(H,24,26). The molecule has 0 spiro atoms. The van der Waals surface area contributed by atoms with Gasteiger partial charge in [-0.15, -0.1) is 0 Å². The number of carbonyl (C=O) groups is 2. The summed E-state index contributed by atoms with van der Waals surface area (Å²) in [6.07, 6.45) is 6.36. The summed E-state index contributed by atoms with van der Waals surface area (Å²) in [4.78, 5) is 24.2. The highest BCUT2D eigenvalue weighted by Gasteiger charge is 2.14. The van der Waals surface area contributed by atoms with Crippen molar-refractivity contribution < 1.29 is 9.59 Å². The van der Waals surface area contributed by atoms with Crippen LogP contribution in [-0.4, -0.2) is 31.4 Å². The Labute approximate surface area is 157 Å². The van der Waals surface area contributed by atoms with Crippen molar-refractivity contribution in [3.8, 4) is 0 Å². The Bertz CT molecular complexity index is 607. The fourth-order valence-electron chi connectivity index (χ4n) is 3.29. The normalized spacial score (nSPS) is 14.9. The minimum absolute atomic E-state index is 0.0220. The van der Waals surface area contributed by atoms with E-state index in [-0.39, 0.29) is 18.4 Å². The highest BCUT2D eigenvalue weighted by Crippen LogP contribution is 2.22. The van der Waals surface area contributed by atoms with Crippen LogP contribution in [0.4, 0.5) is 5.69 Å². The summed E-state index contributed by atoms with van der Waals surface area (Å²) in [7, 11) is 0. The van der Waals surface area contributed by atoms with Crippen molar-refractivity contribution in [2.24, 2.45) is 11.8 Å². The van der Waals surface area contributed by atoms with Gasteiger partial charge in [0.25, 0.3) is 5.91 Å². The molecule has 0 bridgehead atoms. The van der Waals surface area contributed by atoms with E-state index in [2.05, 4.69) is 29.8 Å². The number of hydrogen-bond acceptors (Lipinski definition) is 3. The molecule has 26 heavy (non-hydrogen) atoms. The van der Waals surface area contributed by atoms with Crippen molar-refractivity contribution in [2.75, 3.05) is 25.0 Å². The number of anilines is 1. The van der Waals surface area contributed by atoms with E-state index in [1.807, 2.05) is 19.1 Å². The van der Waals surface area contributed by atoms with Crippen molar-refractivity contribution >= 4 is 17.5 Å². The zero-order chi connectivity index (χ0) is 18.9. The van der Waals surface area contributed by atoms with E-state index in [9.17, 15) is 9.59 Å². The predicted molar refractivity (Wildman–Crippen MR) is 106 cm³/mol. The number of nitrogens with one attached hydrogen (secondary N) is 3. The van der Waals surface area contributed by atoms with E-state index in [0.717, 1.165) is 17.8 Å². The van der Waals surface area contributed by atoms with Crippen LogP contribution in [0.1, 0.15) is 61.9 Å². The van der Waals surface area contributed by atoms with Crippen LogP contribution >= 0.6 is 0 Å². The molecule has 0 aliphatic heterocycles. The maximum Gasteiger partial charge on any atom is 0.251 e. The van der Waals surface area contributed by atoms with Gasteiger partial charge >= 0.3 is 0 Å². The van der Waals surface area contributed by atoms with Crippen LogP contribution in [0.25, 0.3) is 0 Å². The lowest BCUT2D eigenvalue weighted by atomic mass is 9.89. The average Bonchev–Trinajstić information content (AvgIpc) is 2.64. The van der Waals surface area contributed by atoms with E-state index in [4.69, 9.17) is 0 Å². The first-order valence-corrected chi connectivity index (χ1v) is 9.85. The number of benzene rings is 1. The maximum atomic E-state index is 12.1. The molecule has 0 unspecified atom stereocenters. The minimum Gasteiger partial charge on any atom is -0.376 e. The molecule has 5 nitrogen and oxygen atoms in total. The summed E-state index contributed by atoms with van der Waals surface area (Å²) in [5, 5.41) is 9.13. The molecule has 1 aliphatic rings. The molecule has 2 amide bonds. The summed E-state index contributed by atoms with van der Waals surface area (Å²) >= 11 is 0. The zero-order valence-corrected chi connectivity index (χ0v) is 16.4. The molecule has 0 saturated heterocycles. The monoisotopic (exact) mass is 359 g/mol. The largest absolute Gasteiger partial charge is 0.376 e. The summed E-state index contributed by atoms with van der Waals surface area (Å²) in [5.74, 6) is 1.03. The third-order valence-electron chi connectivity index (χ3n) is 4.91. The van der Waals surface area contributed by atoms with Gasteiger partial charge in [-0.1, -0.05) is 33.1 Å². The summed E-state index contributed by atoms with van der Waals surface area (Å²) < 4.78 is 0. The quantitative estimate of drug-likeness (QED) is 0.665. The summed E-state index contributed by atoms with van der Waals surface area (Å²) in [5.41, 5.74) is 2.50. The van der Waals surface area contributed by atoms with Crippen LogP contribution in [0.2, 0.25) is 0 Å². The second-order valence-electron chi connectivity index (χ2n) is 7.80. The second-order valence-corrected chi connectivity index (χ2v) is 7.80. The summed E-state index contributed by atoms with van der Waals surface area (Å²) in [6.45, 7) is 7.79. The molecule has 2 rings (SSSR count). The first-order valence-electron chi connectivity index (χ1n) is 9.85. The van der Waals surface area contributed by atoms with E-state index in [1.54, 1.807) is 6.07 Å². The maximum absolute atomic E-state index is 12.1. The topological polar surface area (TPSA) is 70.2 Å². The van der Waals surface area contributed by atoms with Gasteiger partial charge in [-0.3, -0.25) is 9.59 Å². The predicted octanol–water partition coefficient (Wildman–Crippen LogP) is 3.49. The fraction of sp³-hybridized carbons (Fsp3) is 0.619. The Morgan fingerprint density at radius 1 is 1.12 bits per heavy atom. The van der Waals surface area contributed by atoms with Crippen molar-refractivity contribution in [1.29, 1.82) is 0 Å². The van der Waals surface area contributed by atoms with Crippen molar-refractivity contribution in [2.45, 2.75) is 52.9 Å². The van der Waals surface area contributed by atoms with Crippen LogP contribution in [0.3, 0.4) is 0 Å². The first-order chi connectivity index (χ1) is 12.5. The molecule has 0 radical (unpaired) electrons. The molecule has 1 aromatic carbocycles. The van der Waals surface area contributed by atoms with Gasteiger partial charge in [0.05, 0.1) is 6.54 Å². The SMILES string of the molecule is Cc1cc(C(=O)NCC(C)C)ccc1NCC(=O)NCC1CCCCC1. The molecular weight excluding hydrogens is 326 g/mol. The lowest BCUT2D eigenvalue weighted by molar-refractivity contribution is -0.119. The van der Waals surface area contributed by atoms with Gasteiger partial charge in [0, 0.05) is 24.3 Å². The van der Waals surface area contributed by atoms with Crippen molar-refractivity contribution in [3.05, 3.63) is 29.3 Å². The molecule has 5 heteroatoms. The van der Waals surface area contributed by atoms with E-state index in [1.165, 1.54) is 32.1 Å². The Hall–Kier alpha value is -2.04. The highest BCUT2D eigenvalue weighted by atomic mass is 16.2. The molecule has 3 N–H and O–H groups in total. The number of amides is 2. The molecule has 1 fully saturated rings. The molecule has 1 aliphatic carbocycles. The van der Waals surface area contributed by atoms with E-state index in [0.29, 0.717) is 23.9 Å². The Morgan fingerprint density at radius 3 is 2.50 bits per heavy atom. The van der Waals surface area contributed by atoms with E-state index < -0.39 is 0 Å². The summed E-state index contributed by atoms with van der Waals surface area (Å²) in [6, 6.07) is 5.52. The van der Waals surface area contributed by atoms with Gasteiger partial charge in [-0.05, 0) is 55.4 Å². The second kappa shape index (κ2) is 10.2. The fourth-order valence-corrected chi connectivity index (χ4v) is 3.29. The van der Waals surface area contributed by atoms with Crippen LogP contribution in [0.5, 0.6) is 0 Å². The third kappa shape index (κ3) is 6.70. The Balaban J connectivity index is 1.78. The smallest absolute Gasteiger partial charge is 0.251 e. The zero-order valence-electron chi connectivity index (χ0n) is 16.4. The lowest BCUT2D eigenvalue weighted by Crippen LogP contribution is -2.34. The number of rotatable bonds is 8. The van der Waals surface area contributed by atoms with Gasteiger partial charge in [-0.2, -0.15) is 0 Å². The van der Waals surface area contributed by atoms with Crippen molar-refractivity contribution in [3.63, 3.8) is 0 Å². The van der Waals surface area contributed by atoms with Crippen LogP contribution < -0.4 is 16.0 Å². The van der Waals surface area contributed by atoms with Gasteiger partial charge < -0.3 is 16.0 Å². The number of aryl methyl sites for hydroxylation is 1. The molecule has 0 atom stereocenters. The lowest BCUT2D eigenvalue weighted by Gasteiger charge is -2.21. The third-order valence-corrected chi connectivity index (χ3v) is 4.91. The van der Waals surface area contributed by atoms with Crippen LogP contribution in [0.15, 0.2) is 18.2 Å². The molecule has 0 aromatic heterocycles. The highest BCUT2D eigenvalue weighted by molar-refractivity contribution is 5.95. The minimum atomic E-state index is -0.0569. The molecular formula is C21H33N3O2. The number of hydrogen-bond donors (Lipinski definition) is 3. The van der Waals surface area contributed by atoms with Gasteiger partial charge in [0.1, 0.15) is 0 Å². The van der Waals surface area contributed by atoms with Crippen molar-refractivity contribution in [1.82, 2.24) is 10.6 Å². The average molecular weight is 360 g/mol. The molecule has 1 saturated carbocycles. The first kappa shape index (κ1) is 20.3. The van der Waals surface area contributed by atoms with Gasteiger partial charge in [-0.25, -0.2) is 0 Å². The molecule has 0 heterocycles. The molecule has 144 valence electrons. The van der Waals surface area contributed by atoms with Gasteiger partial charge in [0.15, 0.2) is 0 Å². The van der Waals surface area contributed by atoms with Crippen LogP contribution in [0, 0.1) is 18.8 Å². The number of carbonyl (C=O) groups excluding carboxylic acids is 2. The Kier molecular flexibility index (Phi) is 7.95. The van der Waals surface area contributed by atoms with E-state index >= 15 is 0 Å². The Morgan fingerprint density at radius 2 is 1.85 bits per heavy atom. The van der Waals surface area contributed by atoms with Gasteiger partial charge in [0.2, 0.25) is 5.91 Å². The van der Waals surface area contributed by atoms with Crippen LogP contribution in [-0.2, 0) is 4.79 Å².